The van der Waals surface area contributed by atoms with Gasteiger partial charge in [0.2, 0.25) is 5.95 Å². The quantitative estimate of drug-likeness (QED) is 0.542. The van der Waals surface area contributed by atoms with Gasteiger partial charge in [0.15, 0.2) is 0 Å². The molecule has 3 aliphatic rings. The summed E-state index contributed by atoms with van der Waals surface area (Å²) in [7, 11) is 0. The summed E-state index contributed by atoms with van der Waals surface area (Å²) >= 11 is 0. The minimum absolute atomic E-state index is 0.433. The molecule has 2 atom stereocenters. The fourth-order valence-corrected chi connectivity index (χ4v) is 5.21. The van der Waals surface area contributed by atoms with Crippen molar-refractivity contribution in [3.63, 3.8) is 0 Å². The molecule has 0 saturated carbocycles. The predicted octanol–water partition coefficient (Wildman–Crippen LogP) is 4.94. The lowest BCUT2D eigenvalue weighted by Crippen LogP contribution is -2.59. The van der Waals surface area contributed by atoms with Crippen molar-refractivity contribution < 1.29 is 4.42 Å². The molecular formula is C24H24N4O. The minimum Gasteiger partial charge on any atom is -0.455 e. The number of hydrogen-bond acceptors (Lipinski definition) is 5. The monoisotopic (exact) mass is 384 g/mol. The van der Waals surface area contributed by atoms with Crippen LogP contribution in [0.25, 0.3) is 33.1 Å². The molecule has 0 radical (unpaired) electrons. The van der Waals surface area contributed by atoms with Crippen LogP contribution in [-0.2, 0) is 0 Å². The number of fused-ring (bicyclic) bond motifs is 6. The predicted molar refractivity (Wildman–Crippen MR) is 116 cm³/mol. The Hall–Kier alpha value is -2.92. The van der Waals surface area contributed by atoms with Crippen molar-refractivity contribution in [2.24, 2.45) is 5.92 Å². The molecule has 1 N–H and O–H groups in total. The van der Waals surface area contributed by atoms with Gasteiger partial charge in [-0.05, 0) is 44.8 Å². The third-order valence-electron chi connectivity index (χ3n) is 6.84. The van der Waals surface area contributed by atoms with Gasteiger partial charge in [0.25, 0.3) is 0 Å². The summed E-state index contributed by atoms with van der Waals surface area (Å²) < 4.78 is 6.16. The van der Waals surface area contributed by atoms with E-state index in [2.05, 4.69) is 51.4 Å². The van der Waals surface area contributed by atoms with Crippen LogP contribution in [0.2, 0.25) is 0 Å². The van der Waals surface area contributed by atoms with Crippen LogP contribution in [0, 0.1) is 5.92 Å². The van der Waals surface area contributed by atoms with Crippen molar-refractivity contribution in [2.75, 3.05) is 18.4 Å². The molecule has 2 bridgehead atoms. The highest BCUT2D eigenvalue weighted by atomic mass is 16.3. The third-order valence-corrected chi connectivity index (χ3v) is 6.84. The first-order valence-electron chi connectivity index (χ1n) is 10.5. The number of piperidine rings is 3. The van der Waals surface area contributed by atoms with E-state index in [1.807, 2.05) is 30.6 Å². The maximum Gasteiger partial charge on any atom is 0.222 e. The summed E-state index contributed by atoms with van der Waals surface area (Å²) in [6.45, 7) is 4.77. The summed E-state index contributed by atoms with van der Waals surface area (Å²) in [6.07, 6.45) is 6.36. The molecule has 5 nitrogen and oxygen atoms in total. The fraction of sp³-hybridized carbons (Fsp3) is 0.333. The van der Waals surface area contributed by atoms with Crippen molar-refractivity contribution >= 4 is 27.9 Å². The Morgan fingerprint density at radius 2 is 1.72 bits per heavy atom. The first-order valence-corrected chi connectivity index (χ1v) is 10.5. The first kappa shape index (κ1) is 17.0. The second kappa shape index (κ2) is 6.56. The molecule has 7 rings (SSSR count). The van der Waals surface area contributed by atoms with Crippen molar-refractivity contribution in [3.05, 3.63) is 54.9 Å². The van der Waals surface area contributed by atoms with Gasteiger partial charge in [-0.2, -0.15) is 0 Å². The molecule has 146 valence electrons. The number of aromatic nitrogens is 2. The van der Waals surface area contributed by atoms with E-state index in [9.17, 15) is 0 Å². The number of rotatable bonds is 3. The lowest BCUT2D eigenvalue weighted by Gasteiger charge is -2.49. The highest BCUT2D eigenvalue weighted by Gasteiger charge is 2.39. The third kappa shape index (κ3) is 2.72. The number of nitrogens with one attached hydrogen (secondary N) is 1. The Kier molecular flexibility index (Phi) is 3.84. The summed E-state index contributed by atoms with van der Waals surface area (Å²) in [5.41, 5.74) is 3.80. The largest absolute Gasteiger partial charge is 0.455 e. The van der Waals surface area contributed by atoms with Gasteiger partial charge in [0.05, 0.1) is 0 Å². The normalized spacial score (nSPS) is 26.2. The average molecular weight is 384 g/mol. The fourth-order valence-electron chi connectivity index (χ4n) is 5.21. The van der Waals surface area contributed by atoms with Crippen LogP contribution in [-0.4, -0.2) is 40.0 Å². The zero-order chi connectivity index (χ0) is 19.4. The van der Waals surface area contributed by atoms with Gasteiger partial charge in [-0.3, -0.25) is 4.90 Å². The van der Waals surface area contributed by atoms with E-state index in [0.29, 0.717) is 12.1 Å². The lowest BCUT2D eigenvalue weighted by molar-refractivity contribution is 0.0455. The molecule has 29 heavy (non-hydrogen) atoms. The maximum atomic E-state index is 6.16. The van der Waals surface area contributed by atoms with Gasteiger partial charge in [-0.25, -0.2) is 9.97 Å². The van der Waals surface area contributed by atoms with Crippen LogP contribution < -0.4 is 5.32 Å². The molecule has 3 aliphatic heterocycles. The highest BCUT2D eigenvalue weighted by molar-refractivity contribution is 6.09. The van der Waals surface area contributed by atoms with Crippen molar-refractivity contribution in [1.29, 1.82) is 0 Å². The molecule has 2 aromatic heterocycles. The Morgan fingerprint density at radius 3 is 2.52 bits per heavy atom. The Bertz CT molecular complexity index is 1170. The van der Waals surface area contributed by atoms with E-state index in [-0.39, 0.29) is 0 Å². The summed E-state index contributed by atoms with van der Waals surface area (Å²) in [5.74, 6) is 1.44. The second-order valence-corrected chi connectivity index (χ2v) is 8.36. The Morgan fingerprint density at radius 1 is 0.966 bits per heavy atom. The van der Waals surface area contributed by atoms with E-state index in [0.717, 1.165) is 44.9 Å². The van der Waals surface area contributed by atoms with E-state index >= 15 is 0 Å². The van der Waals surface area contributed by atoms with Crippen molar-refractivity contribution in [3.8, 4) is 11.1 Å². The van der Waals surface area contributed by atoms with Crippen LogP contribution in [0.5, 0.6) is 0 Å². The molecule has 4 aromatic rings. The molecule has 0 unspecified atom stereocenters. The van der Waals surface area contributed by atoms with Crippen molar-refractivity contribution in [1.82, 2.24) is 14.9 Å². The zero-order valence-electron chi connectivity index (χ0n) is 16.5. The van der Waals surface area contributed by atoms with Crippen LogP contribution >= 0.6 is 0 Å². The van der Waals surface area contributed by atoms with E-state index in [4.69, 9.17) is 4.42 Å². The smallest absolute Gasteiger partial charge is 0.222 e. The molecule has 2 aromatic carbocycles. The molecule has 3 saturated heterocycles. The standard InChI is InChI=1S/C24H24N4O/c1-15-22(16-9-11-28(15)12-10-16)27-24-25-13-17(14-26-24)18-6-4-7-20-19-5-2-3-8-21(19)29-23(18)20/h2-8,13-16,22H,9-12H2,1H3,(H,25,26,27)/t15-,22-/m1/s1. The zero-order valence-corrected chi connectivity index (χ0v) is 16.5. The van der Waals surface area contributed by atoms with E-state index in [1.165, 1.54) is 25.9 Å². The number of furan rings is 1. The molecule has 0 spiro atoms. The average Bonchev–Trinajstić information content (AvgIpc) is 3.16. The summed E-state index contributed by atoms with van der Waals surface area (Å²) in [4.78, 5) is 11.9. The number of para-hydroxylation sites is 2. The lowest BCUT2D eigenvalue weighted by atomic mass is 9.79. The van der Waals surface area contributed by atoms with Gasteiger partial charge in [-0.1, -0.05) is 36.4 Å². The van der Waals surface area contributed by atoms with Gasteiger partial charge in [0.1, 0.15) is 11.2 Å². The molecule has 5 heterocycles. The van der Waals surface area contributed by atoms with Crippen LogP contribution in [0.4, 0.5) is 5.95 Å². The first-order chi connectivity index (χ1) is 14.3. The highest BCUT2D eigenvalue weighted by Crippen LogP contribution is 2.36. The number of hydrogen-bond donors (Lipinski definition) is 1. The minimum atomic E-state index is 0.433. The van der Waals surface area contributed by atoms with E-state index in [1.54, 1.807) is 0 Å². The number of benzene rings is 2. The van der Waals surface area contributed by atoms with Gasteiger partial charge in [0, 0.05) is 46.4 Å². The van der Waals surface area contributed by atoms with Crippen LogP contribution in [0.1, 0.15) is 19.8 Å². The van der Waals surface area contributed by atoms with Crippen LogP contribution in [0.3, 0.4) is 0 Å². The number of anilines is 1. The number of nitrogens with zero attached hydrogens (tertiary/aromatic N) is 3. The Balaban J connectivity index is 1.32. The van der Waals surface area contributed by atoms with Crippen LogP contribution in [0.15, 0.2) is 59.3 Å². The summed E-state index contributed by atoms with van der Waals surface area (Å²) in [6, 6.07) is 15.4. The molecule has 5 heteroatoms. The Labute approximate surface area is 169 Å². The van der Waals surface area contributed by atoms with E-state index < -0.39 is 0 Å². The molecule has 0 aliphatic carbocycles. The SMILES string of the molecule is C[C@@H]1[C@@H](Nc2ncc(-c3cccc4c3oc3ccccc34)cn2)C2CCN1CC2. The van der Waals surface area contributed by atoms with Gasteiger partial charge < -0.3 is 9.73 Å². The van der Waals surface area contributed by atoms with Gasteiger partial charge in [-0.15, -0.1) is 0 Å². The van der Waals surface area contributed by atoms with Crippen molar-refractivity contribution in [2.45, 2.75) is 31.8 Å². The maximum absolute atomic E-state index is 6.16. The molecule has 0 amide bonds. The molecular weight excluding hydrogens is 360 g/mol. The summed E-state index contributed by atoms with van der Waals surface area (Å²) in [5, 5.41) is 5.88. The molecule has 3 fully saturated rings. The second-order valence-electron chi connectivity index (χ2n) is 8.36. The topological polar surface area (TPSA) is 54.2 Å². The van der Waals surface area contributed by atoms with Gasteiger partial charge >= 0.3 is 0 Å².